The van der Waals surface area contributed by atoms with Crippen LogP contribution in [0.3, 0.4) is 0 Å². The fraction of sp³-hybridized carbons (Fsp3) is 0.733. The summed E-state index contributed by atoms with van der Waals surface area (Å²) in [6, 6.07) is 0. The number of nitrogen functional groups attached to an aromatic ring is 1. The molecule has 0 radical (unpaired) electrons. The number of nitrogens with one attached hydrogen (secondary N) is 1. The van der Waals surface area contributed by atoms with E-state index in [1.807, 2.05) is 18.7 Å². The maximum Gasteiger partial charge on any atom is 0.137 e. The molecule has 6 heteroatoms. The van der Waals surface area contributed by atoms with E-state index >= 15 is 0 Å². The highest BCUT2D eigenvalue weighted by molar-refractivity contribution is 6.00. The summed E-state index contributed by atoms with van der Waals surface area (Å²) in [6.07, 6.45) is 5.13. The molecule has 0 amide bonds. The molecule has 1 aliphatic carbocycles. The summed E-state index contributed by atoms with van der Waals surface area (Å²) in [5, 5.41) is 23.0. The van der Waals surface area contributed by atoms with E-state index in [0.29, 0.717) is 5.92 Å². The van der Waals surface area contributed by atoms with Crippen molar-refractivity contribution in [3.63, 3.8) is 0 Å². The number of fused-ring (bicyclic) bond motifs is 1. The Morgan fingerprint density at radius 1 is 1.43 bits per heavy atom. The number of amidine groups is 1. The van der Waals surface area contributed by atoms with E-state index in [0.717, 1.165) is 55.8 Å². The van der Waals surface area contributed by atoms with Gasteiger partial charge in [-0.2, -0.15) is 5.10 Å². The molecule has 0 spiro atoms. The third-order valence-corrected chi connectivity index (χ3v) is 5.19. The Bertz CT molecular complexity index is 567. The van der Waals surface area contributed by atoms with Gasteiger partial charge < -0.3 is 15.7 Å². The first-order valence-electron chi connectivity index (χ1n) is 7.78. The number of rotatable bonds is 2. The lowest BCUT2D eigenvalue weighted by atomic mass is 9.71. The molecule has 1 aliphatic heterocycles. The van der Waals surface area contributed by atoms with Crippen LogP contribution in [-0.2, 0) is 7.05 Å². The second-order valence-electron chi connectivity index (χ2n) is 6.56. The Kier molecular flexibility index (Phi) is 3.43. The van der Waals surface area contributed by atoms with Crippen LogP contribution < -0.4 is 10.6 Å². The lowest BCUT2D eigenvalue weighted by Gasteiger charge is -2.48. The minimum atomic E-state index is -0.487. The van der Waals surface area contributed by atoms with Gasteiger partial charge in [-0.25, -0.2) is 0 Å². The molecule has 1 saturated carbocycles. The van der Waals surface area contributed by atoms with Crippen LogP contribution in [-0.4, -0.2) is 39.4 Å². The van der Waals surface area contributed by atoms with Crippen molar-refractivity contribution in [2.24, 2.45) is 18.7 Å². The van der Waals surface area contributed by atoms with E-state index in [1.54, 1.807) is 0 Å². The van der Waals surface area contributed by atoms with Gasteiger partial charge in [0, 0.05) is 26.1 Å². The van der Waals surface area contributed by atoms with Crippen molar-refractivity contribution in [2.45, 2.75) is 44.6 Å². The highest BCUT2D eigenvalue weighted by Crippen LogP contribution is 2.41. The average molecular weight is 291 g/mol. The summed E-state index contributed by atoms with van der Waals surface area (Å²) < 4.78 is 1.82. The summed E-state index contributed by atoms with van der Waals surface area (Å²) >= 11 is 0. The smallest absolute Gasteiger partial charge is 0.137 e. The number of anilines is 1. The molecule has 2 fully saturated rings. The summed E-state index contributed by atoms with van der Waals surface area (Å²) in [7, 11) is 1.90. The molecule has 1 saturated heterocycles. The normalized spacial score (nSPS) is 29.3. The van der Waals surface area contributed by atoms with E-state index in [4.69, 9.17) is 11.1 Å². The number of nitrogens with two attached hydrogens (primary N) is 1. The first kappa shape index (κ1) is 14.4. The molecular formula is C15H25N5O. The van der Waals surface area contributed by atoms with Crippen molar-refractivity contribution in [1.29, 1.82) is 5.41 Å². The molecule has 116 valence electrons. The number of nitrogens with zero attached hydrogens (tertiary/aromatic N) is 3. The lowest BCUT2D eigenvalue weighted by Crippen LogP contribution is -2.54. The predicted molar refractivity (Wildman–Crippen MR) is 82.7 cm³/mol. The van der Waals surface area contributed by atoms with Crippen LogP contribution in [0.5, 0.6) is 0 Å². The Morgan fingerprint density at radius 2 is 2.19 bits per heavy atom. The first-order valence-corrected chi connectivity index (χ1v) is 7.78. The SMILES string of the molecule is Cc1nn(C)c(N2CCC3(O)CCCCC3C2)c1C(=N)N. The van der Waals surface area contributed by atoms with E-state index in [1.165, 1.54) is 6.42 Å². The van der Waals surface area contributed by atoms with E-state index < -0.39 is 5.60 Å². The van der Waals surface area contributed by atoms with Crippen molar-refractivity contribution >= 4 is 11.7 Å². The van der Waals surface area contributed by atoms with Crippen molar-refractivity contribution < 1.29 is 5.11 Å². The van der Waals surface area contributed by atoms with Gasteiger partial charge in [-0.15, -0.1) is 0 Å². The predicted octanol–water partition coefficient (Wildman–Crippen LogP) is 1.14. The van der Waals surface area contributed by atoms with E-state index in [-0.39, 0.29) is 5.84 Å². The molecule has 1 aromatic rings. The zero-order valence-electron chi connectivity index (χ0n) is 12.9. The van der Waals surface area contributed by atoms with E-state index in [9.17, 15) is 5.11 Å². The average Bonchev–Trinajstić information content (AvgIpc) is 2.72. The largest absolute Gasteiger partial charge is 0.389 e. The molecule has 2 aliphatic rings. The van der Waals surface area contributed by atoms with Crippen molar-refractivity contribution in [3.8, 4) is 0 Å². The lowest BCUT2D eigenvalue weighted by molar-refractivity contribution is -0.0614. The Morgan fingerprint density at radius 3 is 2.90 bits per heavy atom. The van der Waals surface area contributed by atoms with Gasteiger partial charge in [-0.1, -0.05) is 12.8 Å². The second-order valence-corrected chi connectivity index (χ2v) is 6.56. The van der Waals surface area contributed by atoms with Gasteiger partial charge in [-0.05, 0) is 26.2 Å². The highest BCUT2D eigenvalue weighted by Gasteiger charge is 2.43. The topological polar surface area (TPSA) is 91.2 Å². The van der Waals surface area contributed by atoms with Gasteiger partial charge in [0.2, 0.25) is 0 Å². The third kappa shape index (κ3) is 2.31. The number of hydrogen-bond donors (Lipinski definition) is 3. The molecular weight excluding hydrogens is 266 g/mol. The molecule has 2 unspecified atom stereocenters. The van der Waals surface area contributed by atoms with Gasteiger partial charge in [-0.3, -0.25) is 10.1 Å². The minimum Gasteiger partial charge on any atom is -0.389 e. The molecule has 21 heavy (non-hydrogen) atoms. The molecule has 4 N–H and O–H groups in total. The van der Waals surface area contributed by atoms with Gasteiger partial charge >= 0.3 is 0 Å². The van der Waals surface area contributed by atoms with Crippen LogP contribution in [0, 0.1) is 18.3 Å². The Labute approximate surface area is 125 Å². The molecule has 2 heterocycles. The van der Waals surface area contributed by atoms with Crippen LogP contribution in [0.1, 0.15) is 43.4 Å². The molecule has 0 bridgehead atoms. The monoisotopic (exact) mass is 291 g/mol. The van der Waals surface area contributed by atoms with Crippen LogP contribution >= 0.6 is 0 Å². The zero-order chi connectivity index (χ0) is 15.2. The minimum absolute atomic E-state index is 0.0695. The van der Waals surface area contributed by atoms with Crippen LogP contribution in [0.15, 0.2) is 0 Å². The summed E-state index contributed by atoms with van der Waals surface area (Å²) in [6.45, 7) is 3.52. The molecule has 6 nitrogen and oxygen atoms in total. The van der Waals surface area contributed by atoms with Gasteiger partial charge in [0.25, 0.3) is 0 Å². The molecule has 3 rings (SSSR count). The van der Waals surface area contributed by atoms with Crippen molar-refractivity contribution in [1.82, 2.24) is 9.78 Å². The van der Waals surface area contributed by atoms with Gasteiger partial charge in [0.1, 0.15) is 11.7 Å². The second kappa shape index (κ2) is 5.02. The fourth-order valence-electron chi connectivity index (χ4n) is 4.09. The molecule has 1 aromatic heterocycles. The first-order chi connectivity index (χ1) is 9.92. The number of hydrogen-bond acceptors (Lipinski definition) is 4. The third-order valence-electron chi connectivity index (χ3n) is 5.19. The highest BCUT2D eigenvalue weighted by atomic mass is 16.3. The molecule has 2 atom stereocenters. The van der Waals surface area contributed by atoms with Crippen molar-refractivity contribution in [3.05, 3.63) is 11.3 Å². The van der Waals surface area contributed by atoms with Crippen LogP contribution in [0.4, 0.5) is 5.82 Å². The molecule has 0 aromatic carbocycles. The number of aryl methyl sites for hydroxylation is 2. The number of piperidine rings is 1. The standard InChI is InChI=1S/C15H25N5O/c1-10-12(13(16)17)14(19(2)18-10)20-8-7-15(21)6-4-3-5-11(15)9-20/h11,21H,3-9H2,1-2H3,(H3,16,17). The fourth-order valence-corrected chi connectivity index (χ4v) is 4.09. The zero-order valence-corrected chi connectivity index (χ0v) is 12.9. The summed E-state index contributed by atoms with van der Waals surface area (Å²) in [5.74, 6) is 1.31. The van der Waals surface area contributed by atoms with Crippen molar-refractivity contribution in [2.75, 3.05) is 18.0 Å². The number of aliphatic hydroxyl groups is 1. The summed E-state index contributed by atoms with van der Waals surface area (Å²) in [5.41, 5.74) is 6.79. The maximum absolute atomic E-state index is 10.8. The van der Waals surface area contributed by atoms with Gasteiger partial charge in [0.15, 0.2) is 0 Å². The number of aromatic nitrogens is 2. The summed E-state index contributed by atoms with van der Waals surface area (Å²) in [4.78, 5) is 2.25. The Balaban J connectivity index is 1.91. The van der Waals surface area contributed by atoms with E-state index in [2.05, 4.69) is 10.00 Å². The maximum atomic E-state index is 10.8. The van der Waals surface area contributed by atoms with Gasteiger partial charge in [0.05, 0.1) is 16.9 Å². The van der Waals surface area contributed by atoms with Crippen LogP contribution in [0.2, 0.25) is 0 Å². The quantitative estimate of drug-likeness (QED) is 0.563. The van der Waals surface area contributed by atoms with Crippen LogP contribution in [0.25, 0.3) is 0 Å². The Hall–Kier alpha value is -1.56.